The number of nitrogens with one attached hydrogen (secondary N) is 2. The van der Waals surface area contributed by atoms with Crippen LogP contribution in [0, 0.1) is 5.92 Å². The average molecular weight is 423 g/mol. The molecule has 0 aromatic heterocycles. The van der Waals surface area contributed by atoms with E-state index in [4.69, 9.17) is 4.74 Å². The van der Waals surface area contributed by atoms with Crippen LogP contribution in [0.1, 0.15) is 45.1 Å². The van der Waals surface area contributed by atoms with Crippen molar-refractivity contribution < 1.29 is 14.3 Å². The van der Waals surface area contributed by atoms with Gasteiger partial charge in [0.2, 0.25) is 11.8 Å². The Morgan fingerprint density at radius 1 is 1.31 bits per heavy atom. The number of hydrogen-bond acceptors (Lipinski definition) is 3. The van der Waals surface area contributed by atoms with Crippen LogP contribution in [0.25, 0.3) is 6.08 Å². The number of amides is 2. The SMILES string of the molecule is COc1ccc(Br)cc1/C=C/C(=O)NC1CCCC(C(=O)NC(C)C)C1. The molecule has 1 aliphatic carbocycles. The maximum Gasteiger partial charge on any atom is 0.244 e. The van der Waals surface area contributed by atoms with E-state index in [1.807, 2.05) is 32.0 Å². The minimum Gasteiger partial charge on any atom is -0.496 e. The van der Waals surface area contributed by atoms with Crippen LogP contribution in [0.4, 0.5) is 0 Å². The first kappa shape index (κ1) is 20.5. The molecule has 0 saturated heterocycles. The second-order valence-corrected chi connectivity index (χ2v) is 7.87. The van der Waals surface area contributed by atoms with Crippen molar-refractivity contribution in [3.8, 4) is 5.75 Å². The minimum atomic E-state index is -0.151. The molecule has 1 aromatic carbocycles. The van der Waals surface area contributed by atoms with Gasteiger partial charge in [-0.15, -0.1) is 0 Å². The fourth-order valence-electron chi connectivity index (χ4n) is 3.21. The van der Waals surface area contributed by atoms with E-state index in [0.29, 0.717) is 12.2 Å². The van der Waals surface area contributed by atoms with Crippen LogP contribution in [-0.2, 0) is 9.59 Å². The molecule has 1 fully saturated rings. The first-order valence-corrected chi connectivity index (χ1v) is 9.81. The molecule has 6 heteroatoms. The van der Waals surface area contributed by atoms with Crippen LogP contribution < -0.4 is 15.4 Å². The standard InChI is InChI=1S/C20H27BrN2O3/c1-13(2)22-20(25)15-5-4-6-17(12-15)23-19(24)10-7-14-11-16(21)8-9-18(14)26-3/h7-11,13,15,17H,4-6,12H2,1-3H3,(H,22,25)(H,23,24)/b10-7+. The molecular weight excluding hydrogens is 396 g/mol. The normalized spacial score (nSPS) is 20.2. The summed E-state index contributed by atoms with van der Waals surface area (Å²) in [4.78, 5) is 24.5. The van der Waals surface area contributed by atoms with Gasteiger partial charge in [-0.2, -0.15) is 0 Å². The van der Waals surface area contributed by atoms with E-state index in [2.05, 4.69) is 26.6 Å². The molecule has 0 heterocycles. The third-order valence-electron chi connectivity index (χ3n) is 4.43. The van der Waals surface area contributed by atoms with Crippen molar-refractivity contribution in [2.24, 2.45) is 5.92 Å². The summed E-state index contributed by atoms with van der Waals surface area (Å²) in [7, 11) is 1.60. The molecule has 2 rings (SSSR count). The van der Waals surface area contributed by atoms with Gasteiger partial charge in [0.05, 0.1) is 7.11 Å². The van der Waals surface area contributed by atoms with Crippen LogP contribution in [0.5, 0.6) is 5.75 Å². The van der Waals surface area contributed by atoms with Crippen molar-refractivity contribution in [2.45, 2.75) is 51.6 Å². The van der Waals surface area contributed by atoms with Crippen molar-refractivity contribution in [3.63, 3.8) is 0 Å². The first-order chi connectivity index (χ1) is 12.4. The number of hydrogen-bond donors (Lipinski definition) is 2. The summed E-state index contributed by atoms with van der Waals surface area (Å²) in [5.74, 6) is 0.626. The summed E-state index contributed by atoms with van der Waals surface area (Å²) >= 11 is 3.42. The Morgan fingerprint density at radius 2 is 2.08 bits per heavy atom. The number of methoxy groups -OCH3 is 1. The average Bonchev–Trinajstić information content (AvgIpc) is 2.59. The lowest BCUT2D eigenvalue weighted by Crippen LogP contribution is -2.43. The van der Waals surface area contributed by atoms with Gasteiger partial charge >= 0.3 is 0 Å². The molecule has 2 atom stereocenters. The maximum absolute atomic E-state index is 12.3. The first-order valence-electron chi connectivity index (χ1n) is 9.01. The van der Waals surface area contributed by atoms with Crippen LogP contribution >= 0.6 is 15.9 Å². The van der Waals surface area contributed by atoms with Gasteiger partial charge in [0.25, 0.3) is 0 Å². The number of carbonyl (C=O) groups excluding carboxylic acids is 2. The number of benzene rings is 1. The maximum atomic E-state index is 12.3. The highest BCUT2D eigenvalue weighted by atomic mass is 79.9. The number of ether oxygens (including phenoxy) is 1. The lowest BCUT2D eigenvalue weighted by atomic mass is 9.85. The Kier molecular flexibility index (Phi) is 7.69. The number of halogens is 1. The van der Waals surface area contributed by atoms with Gasteiger partial charge in [0, 0.05) is 34.1 Å². The summed E-state index contributed by atoms with van der Waals surface area (Å²) in [6.07, 6.45) is 6.69. The third kappa shape index (κ3) is 6.16. The summed E-state index contributed by atoms with van der Waals surface area (Å²) in [5.41, 5.74) is 0.829. The number of rotatable bonds is 6. The molecule has 5 nitrogen and oxygen atoms in total. The van der Waals surface area contributed by atoms with E-state index in [0.717, 1.165) is 29.3 Å². The van der Waals surface area contributed by atoms with Gasteiger partial charge in [-0.25, -0.2) is 0 Å². The molecule has 1 saturated carbocycles. The smallest absolute Gasteiger partial charge is 0.244 e. The molecule has 1 aromatic rings. The van der Waals surface area contributed by atoms with Crippen molar-refractivity contribution in [3.05, 3.63) is 34.3 Å². The van der Waals surface area contributed by atoms with Gasteiger partial charge < -0.3 is 15.4 Å². The zero-order chi connectivity index (χ0) is 19.1. The van der Waals surface area contributed by atoms with Crippen LogP contribution in [0.2, 0.25) is 0 Å². The predicted octanol–water partition coefficient (Wildman–Crippen LogP) is 3.67. The van der Waals surface area contributed by atoms with Crippen molar-refractivity contribution in [1.82, 2.24) is 10.6 Å². The van der Waals surface area contributed by atoms with Gasteiger partial charge in [-0.1, -0.05) is 22.4 Å². The molecule has 142 valence electrons. The van der Waals surface area contributed by atoms with E-state index >= 15 is 0 Å². The topological polar surface area (TPSA) is 67.4 Å². The second-order valence-electron chi connectivity index (χ2n) is 6.95. The highest BCUT2D eigenvalue weighted by Crippen LogP contribution is 2.26. The largest absolute Gasteiger partial charge is 0.496 e. The van der Waals surface area contributed by atoms with Crippen LogP contribution in [0.3, 0.4) is 0 Å². The fraction of sp³-hybridized carbons (Fsp3) is 0.500. The molecule has 0 aliphatic heterocycles. The zero-order valence-corrected chi connectivity index (χ0v) is 17.1. The minimum absolute atomic E-state index is 0.0226. The molecule has 2 amide bonds. The molecule has 0 bridgehead atoms. The summed E-state index contributed by atoms with van der Waals surface area (Å²) in [5, 5.41) is 5.99. The van der Waals surface area contributed by atoms with E-state index in [-0.39, 0.29) is 29.8 Å². The summed E-state index contributed by atoms with van der Waals surface area (Å²) < 4.78 is 6.23. The molecular formula is C20H27BrN2O3. The van der Waals surface area contributed by atoms with Crippen LogP contribution in [0.15, 0.2) is 28.7 Å². The highest BCUT2D eigenvalue weighted by molar-refractivity contribution is 9.10. The van der Waals surface area contributed by atoms with E-state index < -0.39 is 0 Å². The highest BCUT2D eigenvalue weighted by Gasteiger charge is 2.28. The van der Waals surface area contributed by atoms with Gasteiger partial charge in [0.15, 0.2) is 0 Å². The summed E-state index contributed by atoms with van der Waals surface area (Å²) in [6.45, 7) is 3.92. The number of carbonyl (C=O) groups is 2. The monoisotopic (exact) mass is 422 g/mol. The predicted molar refractivity (Wildman–Crippen MR) is 107 cm³/mol. The van der Waals surface area contributed by atoms with E-state index in [1.165, 1.54) is 6.08 Å². The zero-order valence-electron chi connectivity index (χ0n) is 15.5. The molecule has 26 heavy (non-hydrogen) atoms. The Hall–Kier alpha value is -1.82. The Morgan fingerprint density at radius 3 is 2.77 bits per heavy atom. The van der Waals surface area contributed by atoms with Crippen molar-refractivity contribution >= 4 is 33.8 Å². The van der Waals surface area contributed by atoms with Crippen LogP contribution in [-0.4, -0.2) is 31.0 Å². The van der Waals surface area contributed by atoms with Gasteiger partial charge in [-0.3, -0.25) is 9.59 Å². The second kappa shape index (κ2) is 9.76. The molecule has 2 N–H and O–H groups in total. The summed E-state index contributed by atoms with van der Waals surface area (Å²) in [6, 6.07) is 5.81. The van der Waals surface area contributed by atoms with Crippen molar-refractivity contribution in [2.75, 3.05) is 7.11 Å². The third-order valence-corrected chi connectivity index (χ3v) is 4.92. The van der Waals surface area contributed by atoms with Gasteiger partial charge in [0.1, 0.15) is 5.75 Å². The quantitative estimate of drug-likeness (QED) is 0.687. The molecule has 1 aliphatic rings. The van der Waals surface area contributed by atoms with E-state index in [9.17, 15) is 9.59 Å². The molecule has 2 unspecified atom stereocenters. The van der Waals surface area contributed by atoms with Crippen molar-refractivity contribution in [1.29, 1.82) is 0 Å². The Bertz CT molecular complexity index is 673. The lowest BCUT2D eigenvalue weighted by molar-refractivity contribution is -0.127. The fourth-order valence-corrected chi connectivity index (χ4v) is 3.59. The lowest BCUT2D eigenvalue weighted by Gasteiger charge is -2.29. The molecule has 0 radical (unpaired) electrons. The van der Waals surface area contributed by atoms with E-state index in [1.54, 1.807) is 13.2 Å². The Balaban J connectivity index is 1.93. The molecule has 0 spiro atoms. The Labute approximate surface area is 163 Å². The van der Waals surface area contributed by atoms with Gasteiger partial charge in [-0.05, 0) is 57.4 Å².